The number of fused-ring (bicyclic) bond motifs is 1. The van der Waals surface area contributed by atoms with Crippen LogP contribution in [0.5, 0.6) is 0 Å². The molecular weight excluding hydrogens is 398 g/mol. The number of carbonyl (C=O) groups excluding carboxylic acids is 1. The van der Waals surface area contributed by atoms with Crippen molar-refractivity contribution in [3.05, 3.63) is 103 Å². The van der Waals surface area contributed by atoms with E-state index in [0.29, 0.717) is 17.8 Å². The number of hydrogen-bond acceptors (Lipinski definition) is 3. The average molecular weight is 422 g/mol. The van der Waals surface area contributed by atoms with Gasteiger partial charge in [0.2, 0.25) is 0 Å². The number of hydrogen-bond donors (Lipinski definition) is 1. The van der Waals surface area contributed by atoms with Gasteiger partial charge in [0.15, 0.2) is 0 Å². The molecule has 3 aromatic carbocycles. The van der Waals surface area contributed by atoms with Crippen LogP contribution in [0.3, 0.4) is 0 Å². The van der Waals surface area contributed by atoms with Crippen LogP contribution < -0.4 is 5.32 Å². The number of aromatic nitrogens is 4. The summed E-state index contributed by atoms with van der Waals surface area (Å²) in [6.45, 7) is 1.35. The number of aryl methyl sites for hydroxylation is 1. The van der Waals surface area contributed by atoms with Crippen LogP contribution in [-0.2, 0) is 6.54 Å². The molecule has 5 rings (SSSR count). The molecule has 0 saturated carbocycles. The first-order valence-corrected chi connectivity index (χ1v) is 10.7. The molecule has 0 radical (unpaired) electrons. The minimum atomic E-state index is -0.124. The van der Waals surface area contributed by atoms with E-state index in [1.54, 1.807) is 10.9 Å². The molecule has 2 heterocycles. The van der Waals surface area contributed by atoms with Gasteiger partial charge in [-0.25, -0.2) is 9.67 Å². The first kappa shape index (κ1) is 19.8. The molecule has 0 spiro atoms. The average Bonchev–Trinajstić information content (AvgIpc) is 3.48. The number of amides is 1. The Kier molecular flexibility index (Phi) is 5.49. The Morgan fingerprint density at radius 1 is 0.875 bits per heavy atom. The third-order valence-corrected chi connectivity index (χ3v) is 5.42. The fraction of sp³-hybridized carbons (Fsp3) is 0.115. The van der Waals surface area contributed by atoms with Crippen molar-refractivity contribution >= 4 is 16.9 Å². The van der Waals surface area contributed by atoms with Gasteiger partial charge in [-0.05, 0) is 30.7 Å². The normalized spacial score (nSPS) is 11.0. The highest BCUT2D eigenvalue weighted by Crippen LogP contribution is 2.23. The Morgan fingerprint density at radius 3 is 2.41 bits per heavy atom. The van der Waals surface area contributed by atoms with Crippen LogP contribution in [0.2, 0.25) is 0 Å². The van der Waals surface area contributed by atoms with Crippen molar-refractivity contribution in [3.63, 3.8) is 0 Å². The van der Waals surface area contributed by atoms with E-state index in [-0.39, 0.29) is 5.91 Å². The van der Waals surface area contributed by atoms with Crippen molar-refractivity contribution < 1.29 is 4.79 Å². The van der Waals surface area contributed by atoms with Crippen LogP contribution in [0.25, 0.3) is 28.0 Å². The standard InChI is InChI=1S/C26H23N5O/c32-26(27-16-9-17-30-19-28-23-14-7-8-15-24(23)30)22-18-31(21-12-5-2-6-13-21)29-25(22)20-10-3-1-4-11-20/h1-8,10-15,18-19H,9,16-17H2,(H,27,32). The second kappa shape index (κ2) is 8.89. The molecule has 158 valence electrons. The summed E-state index contributed by atoms with van der Waals surface area (Å²) in [7, 11) is 0. The van der Waals surface area contributed by atoms with Crippen LogP contribution in [-0.4, -0.2) is 31.8 Å². The van der Waals surface area contributed by atoms with Gasteiger partial charge >= 0.3 is 0 Å². The number of para-hydroxylation sites is 3. The van der Waals surface area contributed by atoms with Crippen LogP contribution in [0.4, 0.5) is 0 Å². The molecule has 6 nitrogen and oxygen atoms in total. The van der Waals surface area contributed by atoms with E-state index >= 15 is 0 Å². The topological polar surface area (TPSA) is 64.7 Å². The summed E-state index contributed by atoms with van der Waals surface area (Å²) in [5.41, 5.74) is 5.15. The second-order valence-electron chi connectivity index (χ2n) is 7.57. The maximum absolute atomic E-state index is 13.1. The van der Waals surface area contributed by atoms with Crippen molar-refractivity contribution in [3.8, 4) is 16.9 Å². The first-order valence-electron chi connectivity index (χ1n) is 10.7. The molecule has 0 atom stereocenters. The minimum absolute atomic E-state index is 0.124. The quantitative estimate of drug-likeness (QED) is 0.387. The van der Waals surface area contributed by atoms with E-state index in [1.807, 2.05) is 85.2 Å². The van der Waals surface area contributed by atoms with Gasteiger partial charge in [-0.15, -0.1) is 0 Å². The predicted molar refractivity (Wildman–Crippen MR) is 126 cm³/mol. The van der Waals surface area contributed by atoms with Crippen LogP contribution in [0.1, 0.15) is 16.8 Å². The summed E-state index contributed by atoms with van der Waals surface area (Å²) in [6.07, 6.45) is 4.46. The summed E-state index contributed by atoms with van der Waals surface area (Å²) in [5.74, 6) is -0.124. The number of rotatable bonds is 7. The molecule has 0 aliphatic rings. The lowest BCUT2D eigenvalue weighted by molar-refractivity contribution is 0.0953. The van der Waals surface area contributed by atoms with E-state index in [1.165, 1.54) is 0 Å². The number of benzene rings is 3. The van der Waals surface area contributed by atoms with Crippen molar-refractivity contribution in [2.24, 2.45) is 0 Å². The van der Waals surface area contributed by atoms with Gasteiger partial charge in [-0.1, -0.05) is 60.7 Å². The Morgan fingerprint density at radius 2 is 1.59 bits per heavy atom. The number of imidazole rings is 1. The molecule has 6 heteroatoms. The summed E-state index contributed by atoms with van der Waals surface area (Å²) < 4.78 is 3.87. The summed E-state index contributed by atoms with van der Waals surface area (Å²) in [6, 6.07) is 27.7. The monoisotopic (exact) mass is 421 g/mol. The molecule has 2 aromatic heterocycles. The Labute approximate surface area is 186 Å². The van der Waals surface area contributed by atoms with Crippen molar-refractivity contribution in [1.29, 1.82) is 0 Å². The van der Waals surface area contributed by atoms with E-state index in [4.69, 9.17) is 5.10 Å². The van der Waals surface area contributed by atoms with E-state index in [9.17, 15) is 4.79 Å². The number of nitrogens with one attached hydrogen (secondary N) is 1. The highest BCUT2D eigenvalue weighted by molar-refractivity contribution is 5.99. The highest BCUT2D eigenvalue weighted by Gasteiger charge is 2.18. The van der Waals surface area contributed by atoms with E-state index in [0.717, 1.165) is 35.2 Å². The Bertz CT molecular complexity index is 1340. The lowest BCUT2D eigenvalue weighted by Gasteiger charge is -2.07. The minimum Gasteiger partial charge on any atom is -0.352 e. The van der Waals surface area contributed by atoms with Gasteiger partial charge in [0.1, 0.15) is 5.69 Å². The van der Waals surface area contributed by atoms with Crippen molar-refractivity contribution in [1.82, 2.24) is 24.6 Å². The van der Waals surface area contributed by atoms with Gasteiger partial charge in [0, 0.05) is 24.8 Å². The molecule has 32 heavy (non-hydrogen) atoms. The highest BCUT2D eigenvalue weighted by atomic mass is 16.1. The van der Waals surface area contributed by atoms with E-state index < -0.39 is 0 Å². The maximum Gasteiger partial charge on any atom is 0.255 e. The second-order valence-corrected chi connectivity index (χ2v) is 7.57. The molecule has 0 aliphatic carbocycles. The molecule has 0 fully saturated rings. The fourth-order valence-electron chi connectivity index (χ4n) is 3.80. The SMILES string of the molecule is O=C(NCCCn1cnc2ccccc21)c1cn(-c2ccccc2)nc1-c1ccccc1. The number of carbonyl (C=O) groups is 1. The zero-order chi connectivity index (χ0) is 21.8. The lowest BCUT2D eigenvalue weighted by atomic mass is 10.1. The predicted octanol–water partition coefficient (Wildman–Crippen LogP) is 4.71. The Hall–Kier alpha value is -4.19. The molecule has 1 amide bonds. The molecule has 5 aromatic rings. The molecular formula is C26H23N5O. The molecule has 1 N–H and O–H groups in total. The van der Waals surface area contributed by atoms with E-state index in [2.05, 4.69) is 20.9 Å². The maximum atomic E-state index is 13.1. The van der Waals surface area contributed by atoms with Crippen molar-refractivity contribution in [2.75, 3.05) is 6.54 Å². The molecule has 0 saturated heterocycles. The van der Waals surface area contributed by atoms with Crippen LogP contribution in [0, 0.1) is 0 Å². The number of nitrogens with zero attached hydrogens (tertiary/aromatic N) is 4. The third-order valence-electron chi connectivity index (χ3n) is 5.42. The van der Waals surface area contributed by atoms with Gasteiger partial charge in [0.25, 0.3) is 5.91 Å². The largest absolute Gasteiger partial charge is 0.352 e. The third kappa shape index (κ3) is 4.03. The summed E-state index contributed by atoms with van der Waals surface area (Å²) >= 11 is 0. The molecule has 0 bridgehead atoms. The summed E-state index contributed by atoms with van der Waals surface area (Å²) in [5, 5.41) is 7.78. The van der Waals surface area contributed by atoms with Gasteiger partial charge < -0.3 is 9.88 Å². The van der Waals surface area contributed by atoms with Crippen LogP contribution >= 0.6 is 0 Å². The van der Waals surface area contributed by atoms with Crippen molar-refractivity contribution in [2.45, 2.75) is 13.0 Å². The zero-order valence-corrected chi connectivity index (χ0v) is 17.6. The smallest absolute Gasteiger partial charge is 0.255 e. The summed E-state index contributed by atoms with van der Waals surface area (Å²) in [4.78, 5) is 17.5. The lowest BCUT2D eigenvalue weighted by Crippen LogP contribution is -2.25. The molecule has 0 unspecified atom stereocenters. The fourth-order valence-corrected chi connectivity index (χ4v) is 3.80. The van der Waals surface area contributed by atoms with Gasteiger partial charge in [-0.3, -0.25) is 4.79 Å². The molecule has 0 aliphatic heterocycles. The van der Waals surface area contributed by atoms with Crippen LogP contribution in [0.15, 0.2) is 97.5 Å². The zero-order valence-electron chi connectivity index (χ0n) is 17.6. The van der Waals surface area contributed by atoms with Gasteiger partial charge in [-0.2, -0.15) is 5.10 Å². The first-order chi connectivity index (χ1) is 15.8. The van der Waals surface area contributed by atoms with Gasteiger partial charge in [0.05, 0.1) is 28.6 Å². The Balaban J connectivity index is 1.31.